The second-order valence-corrected chi connectivity index (χ2v) is 8.98. The number of nitrogens with zero attached hydrogens (tertiary/aromatic N) is 2. The molecule has 0 bridgehead atoms. The number of aliphatic hydroxyl groups is 1. The van der Waals surface area contributed by atoms with Gasteiger partial charge >= 0.3 is 0 Å². The van der Waals surface area contributed by atoms with Crippen molar-refractivity contribution in [1.82, 2.24) is 9.88 Å². The number of aliphatic hydroxyl groups excluding tert-OH is 1. The van der Waals surface area contributed by atoms with Crippen LogP contribution in [-0.4, -0.2) is 33.3 Å². The molecular weight excluding hydrogens is 440 g/mol. The molecule has 4 rings (SSSR count). The lowest BCUT2D eigenvalue weighted by Gasteiger charge is -2.25. The summed E-state index contributed by atoms with van der Waals surface area (Å²) in [5, 5.41) is 11.3. The Balaban J connectivity index is 1.78. The summed E-state index contributed by atoms with van der Waals surface area (Å²) in [7, 11) is 0. The molecule has 1 aromatic heterocycles. The maximum absolute atomic E-state index is 13.2. The molecule has 0 spiro atoms. The molecule has 180 valence electrons. The van der Waals surface area contributed by atoms with Gasteiger partial charge < -0.3 is 14.7 Å². The number of rotatable bonds is 8. The highest BCUT2D eigenvalue weighted by Gasteiger charge is 2.46. The largest absolute Gasteiger partial charge is 0.507 e. The minimum Gasteiger partial charge on any atom is -0.507 e. The number of carbonyl (C=O) groups is 2. The van der Waals surface area contributed by atoms with Gasteiger partial charge in [-0.25, -0.2) is 0 Å². The molecule has 3 aromatic rings. The highest BCUT2D eigenvalue weighted by atomic mass is 16.5. The van der Waals surface area contributed by atoms with E-state index in [0.717, 1.165) is 23.1 Å². The Morgan fingerprint density at radius 2 is 1.77 bits per heavy atom. The van der Waals surface area contributed by atoms with E-state index in [1.807, 2.05) is 37.3 Å². The summed E-state index contributed by atoms with van der Waals surface area (Å²) in [5.41, 5.74) is 3.26. The van der Waals surface area contributed by atoms with Crippen molar-refractivity contribution in [2.75, 3.05) is 6.61 Å². The number of benzene rings is 2. The average molecular weight is 471 g/mol. The number of hydrogen-bond donors (Lipinski definition) is 1. The van der Waals surface area contributed by atoms with Crippen molar-refractivity contribution < 1.29 is 19.4 Å². The van der Waals surface area contributed by atoms with Gasteiger partial charge in [0.2, 0.25) is 0 Å². The highest BCUT2D eigenvalue weighted by molar-refractivity contribution is 6.46. The normalized spacial score (nSPS) is 17.3. The van der Waals surface area contributed by atoms with Crippen LogP contribution in [0.25, 0.3) is 5.76 Å². The molecule has 1 saturated heterocycles. The fourth-order valence-corrected chi connectivity index (χ4v) is 4.23. The molecule has 1 unspecified atom stereocenters. The van der Waals surface area contributed by atoms with Crippen molar-refractivity contribution in [1.29, 1.82) is 0 Å². The van der Waals surface area contributed by atoms with Crippen LogP contribution in [0.2, 0.25) is 0 Å². The molecule has 35 heavy (non-hydrogen) atoms. The number of likely N-dealkylation sites (tertiary alicyclic amines) is 1. The fraction of sp³-hybridized carbons (Fsp3) is 0.276. The number of aromatic nitrogens is 1. The molecule has 1 N–H and O–H groups in total. The van der Waals surface area contributed by atoms with Crippen LogP contribution in [0.1, 0.15) is 61.4 Å². The van der Waals surface area contributed by atoms with Gasteiger partial charge in [-0.15, -0.1) is 0 Å². The van der Waals surface area contributed by atoms with E-state index in [0.29, 0.717) is 23.8 Å². The maximum atomic E-state index is 13.2. The zero-order chi connectivity index (χ0) is 24.9. The Labute approximate surface area is 205 Å². The number of hydrogen-bond acceptors (Lipinski definition) is 5. The maximum Gasteiger partial charge on any atom is 0.295 e. The van der Waals surface area contributed by atoms with Crippen LogP contribution < -0.4 is 4.74 Å². The van der Waals surface area contributed by atoms with Gasteiger partial charge in [0, 0.05) is 24.5 Å². The van der Waals surface area contributed by atoms with Crippen molar-refractivity contribution in [3.05, 3.63) is 101 Å². The molecule has 6 nitrogen and oxygen atoms in total. The number of ketones is 1. The first-order valence-corrected chi connectivity index (χ1v) is 11.9. The third-order valence-corrected chi connectivity index (χ3v) is 6.14. The van der Waals surface area contributed by atoms with Crippen molar-refractivity contribution in [3.63, 3.8) is 0 Å². The lowest BCUT2D eigenvalue weighted by Crippen LogP contribution is -2.29. The van der Waals surface area contributed by atoms with E-state index in [-0.39, 0.29) is 17.9 Å². The molecule has 6 heteroatoms. The van der Waals surface area contributed by atoms with Gasteiger partial charge in [-0.3, -0.25) is 14.6 Å². The Morgan fingerprint density at radius 3 is 2.37 bits per heavy atom. The lowest BCUT2D eigenvalue weighted by atomic mass is 9.93. The third-order valence-electron chi connectivity index (χ3n) is 6.14. The molecule has 1 fully saturated rings. The van der Waals surface area contributed by atoms with Crippen molar-refractivity contribution in [3.8, 4) is 5.75 Å². The summed E-state index contributed by atoms with van der Waals surface area (Å²) < 4.78 is 5.62. The van der Waals surface area contributed by atoms with E-state index in [4.69, 9.17) is 4.74 Å². The lowest BCUT2D eigenvalue weighted by molar-refractivity contribution is -0.140. The zero-order valence-corrected chi connectivity index (χ0v) is 20.3. The SMILES string of the molecule is CCCOc1ccc(/C(O)=C2\C(=O)C(=O)N(Cc3cccnc3)C2c2ccc(C(C)C)cc2)cc1. The second kappa shape index (κ2) is 10.6. The highest BCUT2D eigenvalue weighted by Crippen LogP contribution is 2.40. The van der Waals surface area contributed by atoms with Crippen LogP contribution in [0.15, 0.2) is 78.6 Å². The van der Waals surface area contributed by atoms with Crippen LogP contribution in [0, 0.1) is 0 Å². The van der Waals surface area contributed by atoms with Crippen molar-refractivity contribution in [2.45, 2.75) is 45.7 Å². The molecule has 1 amide bonds. The Morgan fingerprint density at radius 1 is 1.06 bits per heavy atom. The molecular formula is C29H30N2O4. The predicted molar refractivity (Wildman–Crippen MR) is 135 cm³/mol. The van der Waals surface area contributed by atoms with Gasteiger partial charge in [0.1, 0.15) is 11.5 Å². The molecule has 0 aliphatic carbocycles. The quantitative estimate of drug-likeness (QED) is 0.263. The standard InChI is InChI=1S/C29H30N2O4/c1-4-16-35-24-13-11-23(12-14-24)27(32)25-26(22-9-7-21(8-10-22)19(2)3)31(29(34)28(25)33)18-20-6-5-15-30-17-20/h5-15,17,19,26,32H,4,16,18H2,1-3H3/b27-25+. The second-order valence-electron chi connectivity index (χ2n) is 8.98. The number of Topliss-reactive ketones (excluding diaryl/α,β-unsaturated/α-hetero) is 1. The number of amides is 1. The van der Waals surface area contributed by atoms with Crippen LogP contribution in [0.3, 0.4) is 0 Å². The molecule has 0 radical (unpaired) electrons. The van der Waals surface area contributed by atoms with Gasteiger partial charge in [-0.1, -0.05) is 51.1 Å². The van der Waals surface area contributed by atoms with Crippen LogP contribution in [0.5, 0.6) is 5.75 Å². The topological polar surface area (TPSA) is 79.7 Å². The van der Waals surface area contributed by atoms with E-state index in [9.17, 15) is 14.7 Å². The minimum atomic E-state index is -0.715. The summed E-state index contributed by atoms with van der Waals surface area (Å²) in [5.74, 6) is -0.510. The van der Waals surface area contributed by atoms with Crippen molar-refractivity contribution >= 4 is 17.4 Å². The smallest absolute Gasteiger partial charge is 0.295 e. The summed E-state index contributed by atoms with van der Waals surface area (Å²) in [6.45, 7) is 7.04. The zero-order valence-electron chi connectivity index (χ0n) is 20.3. The predicted octanol–water partition coefficient (Wildman–Crippen LogP) is 5.62. The number of carbonyl (C=O) groups excluding carboxylic acids is 2. The Hall–Kier alpha value is -3.93. The summed E-state index contributed by atoms with van der Waals surface area (Å²) in [4.78, 5) is 32.1. The van der Waals surface area contributed by atoms with E-state index in [1.165, 1.54) is 4.90 Å². The first kappa shape index (κ1) is 24.2. The van der Waals surface area contributed by atoms with Crippen LogP contribution in [0.4, 0.5) is 0 Å². The summed E-state index contributed by atoms with van der Waals surface area (Å²) in [6.07, 6.45) is 4.22. The van der Waals surface area contributed by atoms with Gasteiger partial charge in [-0.2, -0.15) is 0 Å². The molecule has 1 aliphatic heterocycles. The van der Waals surface area contributed by atoms with Gasteiger partial charge in [-0.05, 0) is 59.4 Å². The fourth-order valence-electron chi connectivity index (χ4n) is 4.23. The van der Waals surface area contributed by atoms with Gasteiger partial charge in [0.05, 0.1) is 18.2 Å². The van der Waals surface area contributed by atoms with Crippen molar-refractivity contribution in [2.24, 2.45) is 0 Å². The van der Waals surface area contributed by atoms with E-state index < -0.39 is 17.7 Å². The molecule has 1 aliphatic rings. The van der Waals surface area contributed by atoms with Crippen LogP contribution in [-0.2, 0) is 16.1 Å². The molecule has 0 saturated carbocycles. The molecule has 1 atom stereocenters. The Bertz CT molecular complexity index is 1220. The third kappa shape index (κ3) is 5.11. The average Bonchev–Trinajstić information content (AvgIpc) is 3.13. The van der Waals surface area contributed by atoms with E-state index in [1.54, 1.807) is 42.7 Å². The van der Waals surface area contributed by atoms with Crippen LogP contribution >= 0.6 is 0 Å². The van der Waals surface area contributed by atoms with E-state index >= 15 is 0 Å². The first-order valence-electron chi connectivity index (χ1n) is 11.9. The Kier molecular flexibility index (Phi) is 7.30. The monoisotopic (exact) mass is 470 g/mol. The number of pyridine rings is 1. The van der Waals surface area contributed by atoms with Gasteiger partial charge in [0.15, 0.2) is 0 Å². The summed E-state index contributed by atoms with van der Waals surface area (Å²) in [6, 6.07) is 17.7. The first-order chi connectivity index (χ1) is 16.9. The van der Waals surface area contributed by atoms with E-state index in [2.05, 4.69) is 18.8 Å². The summed E-state index contributed by atoms with van der Waals surface area (Å²) >= 11 is 0. The molecule has 2 heterocycles. The molecule has 2 aromatic carbocycles. The minimum absolute atomic E-state index is 0.0819. The number of ether oxygens (including phenoxy) is 1. The van der Waals surface area contributed by atoms with Gasteiger partial charge in [0.25, 0.3) is 11.7 Å².